The Morgan fingerprint density at radius 1 is 1.06 bits per heavy atom. The molecule has 0 unspecified atom stereocenters. The van der Waals surface area contributed by atoms with Gasteiger partial charge in [-0.2, -0.15) is 4.98 Å². The number of halogens is 1. The molecule has 0 aliphatic heterocycles. The molecule has 2 aromatic carbocycles. The molecule has 0 radical (unpaired) electrons. The number of aromatic nitrogens is 3. The molecule has 0 fully saturated rings. The molecule has 34 heavy (non-hydrogen) atoms. The SMILES string of the molecule is COC(=O)/C=C/c1ccc(OC(=O)c2nc(-c3cccs3)n(-c3cccc(F)c3)n2)c(OC)c1. The van der Waals surface area contributed by atoms with Crippen LogP contribution >= 0.6 is 11.3 Å². The van der Waals surface area contributed by atoms with E-state index in [-0.39, 0.29) is 17.3 Å². The maximum absolute atomic E-state index is 13.8. The number of thiophene rings is 1. The summed E-state index contributed by atoms with van der Waals surface area (Å²) >= 11 is 1.41. The van der Waals surface area contributed by atoms with Gasteiger partial charge in [0, 0.05) is 6.08 Å². The number of hydrogen-bond acceptors (Lipinski definition) is 8. The summed E-state index contributed by atoms with van der Waals surface area (Å²) in [6.07, 6.45) is 2.80. The summed E-state index contributed by atoms with van der Waals surface area (Å²) in [6, 6.07) is 14.2. The second kappa shape index (κ2) is 10.1. The van der Waals surface area contributed by atoms with Crippen molar-refractivity contribution in [1.29, 1.82) is 0 Å². The maximum atomic E-state index is 13.8. The first-order valence-electron chi connectivity index (χ1n) is 9.91. The van der Waals surface area contributed by atoms with E-state index in [1.165, 1.54) is 60.6 Å². The quantitative estimate of drug-likeness (QED) is 0.218. The number of esters is 2. The van der Waals surface area contributed by atoms with Gasteiger partial charge in [-0.15, -0.1) is 16.4 Å². The molecule has 10 heteroatoms. The van der Waals surface area contributed by atoms with E-state index in [2.05, 4.69) is 14.8 Å². The van der Waals surface area contributed by atoms with Crippen LogP contribution < -0.4 is 9.47 Å². The van der Waals surface area contributed by atoms with Crippen molar-refractivity contribution in [1.82, 2.24) is 14.8 Å². The minimum atomic E-state index is -0.816. The van der Waals surface area contributed by atoms with Gasteiger partial charge in [0.2, 0.25) is 0 Å². The zero-order valence-electron chi connectivity index (χ0n) is 18.1. The molecule has 0 aliphatic rings. The van der Waals surface area contributed by atoms with Crippen molar-refractivity contribution in [2.75, 3.05) is 14.2 Å². The lowest BCUT2D eigenvalue weighted by Gasteiger charge is -2.08. The number of carbonyl (C=O) groups is 2. The first-order valence-corrected chi connectivity index (χ1v) is 10.8. The van der Waals surface area contributed by atoms with Gasteiger partial charge in [0.15, 0.2) is 17.3 Å². The number of carbonyl (C=O) groups excluding carboxylic acids is 2. The molecule has 2 heterocycles. The Balaban J connectivity index is 1.64. The minimum absolute atomic E-state index is 0.141. The fourth-order valence-corrected chi connectivity index (χ4v) is 3.70. The van der Waals surface area contributed by atoms with Gasteiger partial charge in [0.05, 0.1) is 24.8 Å². The van der Waals surface area contributed by atoms with Crippen molar-refractivity contribution in [2.45, 2.75) is 0 Å². The monoisotopic (exact) mass is 479 g/mol. The molecule has 0 saturated heterocycles. The van der Waals surface area contributed by atoms with E-state index in [9.17, 15) is 14.0 Å². The van der Waals surface area contributed by atoms with E-state index >= 15 is 0 Å². The summed E-state index contributed by atoms with van der Waals surface area (Å²) in [6.45, 7) is 0. The predicted molar refractivity (Wildman–Crippen MR) is 124 cm³/mol. The average molecular weight is 479 g/mol. The van der Waals surface area contributed by atoms with Crippen molar-refractivity contribution >= 4 is 29.4 Å². The third-order valence-electron chi connectivity index (χ3n) is 4.59. The van der Waals surface area contributed by atoms with E-state index < -0.39 is 17.8 Å². The van der Waals surface area contributed by atoms with Gasteiger partial charge >= 0.3 is 11.9 Å². The molecule has 0 bridgehead atoms. The molecule has 4 aromatic rings. The van der Waals surface area contributed by atoms with E-state index in [0.717, 1.165) is 4.88 Å². The van der Waals surface area contributed by atoms with Crippen LogP contribution in [0.25, 0.3) is 22.5 Å². The van der Waals surface area contributed by atoms with Crippen molar-refractivity contribution in [3.8, 4) is 27.9 Å². The summed E-state index contributed by atoms with van der Waals surface area (Å²) in [5.74, 6) is -1.18. The summed E-state index contributed by atoms with van der Waals surface area (Å²) in [5, 5.41) is 6.13. The van der Waals surface area contributed by atoms with Gasteiger partial charge < -0.3 is 14.2 Å². The molecule has 0 spiro atoms. The summed E-state index contributed by atoms with van der Waals surface area (Å²) in [4.78, 5) is 29.3. The lowest BCUT2D eigenvalue weighted by molar-refractivity contribution is -0.134. The molecule has 0 N–H and O–H groups in total. The van der Waals surface area contributed by atoms with Crippen molar-refractivity contribution in [2.24, 2.45) is 0 Å². The highest BCUT2D eigenvalue weighted by Gasteiger charge is 2.22. The van der Waals surface area contributed by atoms with Gasteiger partial charge in [0.1, 0.15) is 5.82 Å². The molecular weight excluding hydrogens is 461 g/mol. The highest BCUT2D eigenvalue weighted by Crippen LogP contribution is 2.30. The number of methoxy groups -OCH3 is 2. The average Bonchev–Trinajstić information content (AvgIpc) is 3.53. The van der Waals surface area contributed by atoms with Crippen LogP contribution in [-0.2, 0) is 9.53 Å². The summed E-state index contributed by atoms with van der Waals surface area (Å²) in [5.41, 5.74) is 1.05. The Morgan fingerprint density at radius 3 is 2.62 bits per heavy atom. The Hall–Kier alpha value is -4.31. The van der Waals surface area contributed by atoms with Gasteiger partial charge in [-0.05, 0) is 53.4 Å². The topological polar surface area (TPSA) is 92.5 Å². The van der Waals surface area contributed by atoms with Crippen LogP contribution in [0.1, 0.15) is 16.2 Å². The molecule has 172 valence electrons. The lowest BCUT2D eigenvalue weighted by Crippen LogP contribution is -2.12. The Labute approximate surface area is 197 Å². The fraction of sp³-hybridized carbons (Fsp3) is 0.0833. The Kier molecular flexibility index (Phi) is 6.79. The first kappa shape index (κ1) is 22.9. The number of hydrogen-bond donors (Lipinski definition) is 0. The Morgan fingerprint density at radius 2 is 1.91 bits per heavy atom. The van der Waals surface area contributed by atoms with Crippen LogP contribution in [0.3, 0.4) is 0 Å². The van der Waals surface area contributed by atoms with E-state index in [0.29, 0.717) is 17.1 Å². The van der Waals surface area contributed by atoms with Gasteiger partial charge in [-0.1, -0.05) is 18.2 Å². The van der Waals surface area contributed by atoms with E-state index in [1.807, 2.05) is 17.5 Å². The second-order valence-corrected chi connectivity index (χ2v) is 7.73. The molecule has 0 saturated carbocycles. The highest BCUT2D eigenvalue weighted by atomic mass is 32.1. The Bertz CT molecular complexity index is 1360. The number of ether oxygens (including phenoxy) is 3. The van der Waals surface area contributed by atoms with E-state index in [1.54, 1.807) is 24.3 Å². The van der Waals surface area contributed by atoms with Gasteiger partial charge in [0.25, 0.3) is 5.82 Å². The third-order valence-corrected chi connectivity index (χ3v) is 5.45. The van der Waals surface area contributed by atoms with Crippen LogP contribution in [-0.4, -0.2) is 40.9 Å². The van der Waals surface area contributed by atoms with Gasteiger partial charge in [-0.3, -0.25) is 0 Å². The minimum Gasteiger partial charge on any atom is -0.493 e. The maximum Gasteiger partial charge on any atom is 0.383 e. The highest BCUT2D eigenvalue weighted by molar-refractivity contribution is 7.13. The molecule has 2 aromatic heterocycles. The summed E-state index contributed by atoms with van der Waals surface area (Å²) in [7, 11) is 2.70. The standard InChI is InChI=1S/C24H18FN3O5S/c1-31-19-13-15(9-11-21(29)32-2)8-10-18(19)33-24(30)22-26-23(20-7-4-12-34-20)28(27-22)17-6-3-5-16(25)14-17/h3-14H,1-2H3/b11-9+. The normalized spacial score (nSPS) is 10.9. The van der Waals surface area contributed by atoms with Crippen molar-refractivity contribution in [3.63, 3.8) is 0 Å². The largest absolute Gasteiger partial charge is 0.493 e. The van der Waals surface area contributed by atoms with Crippen LogP contribution in [0.15, 0.2) is 66.1 Å². The number of nitrogens with zero attached hydrogens (tertiary/aromatic N) is 3. The zero-order valence-corrected chi connectivity index (χ0v) is 18.9. The summed E-state index contributed by atoms with van der Waals surface area (Å²) < 4.78 is 30.6. The van der Waals surface area contributed by atoms with E-state index in [4.69, 9.17) is 9.47 Å². The molecular formula is C24H18FN3O5S. The first-order chi connectivity index (χ1) is 16.5. The number of benzene rings is 2. The van der Waals surface area contributed by atoms with Crippen LogP contribution in [0.2, 0.25) is 0 Å². The van der Waals surface area contributed by atoms with Gasteiger partial charge in [-0.25, -0.2) is 18.7 Å². The smallest absolute Gasteiger partial charge is 0.383 e. The lowest BCUT2D eigenvalue weighted by atomic mass is 10.2. The predicted octanol–water partition coefficient (Wildman–Crippen LogP) is 4.55. The van der Waals surface area contributed by atoms with Crippen molar-refractivity contribution < 1.29 is 28.2 Å². The third kappa shape index (κ3) is 5.02. The molecule has 4 rings (SSSR count). The molecule has 0 amide bonds. The van der Waals surface area contributed by atoms with Crippen LogP contribution in [0.5, 0.6) is 11.5 Å². The zero-order chi connectivity index (χ0) is 24.1. The fourth-order valence-electron chi connectivity index (χ4n) is 3.00. The second-order valence-electron chi connectivity index (χ2n) is 6.78. The van der Waals surface area contributed by atoms with Crippen molar-refractivity contribution in [3.05, 3.63) is 83.3 Å². The van der Waals surface area contributed by atoms with Crippen LogP contribution in [0, 0.1) is 5.82 Å². The molecule has 8 nitrogen and oxygen atoms in total. The van der Waals surface area contributed by atoms with Crippen LogP contribution in [0.4, 0.5) is 4.39 Å². The molecule has 0 aliphatic carbocycles. The number of rotatable bonds is 7. The molecule has 0 atom stereocenters.